The van der Waals surface area contributed by atoms with E-state index in [9.17, 15) is 9.59 Å². The van der Waals surface area contributed by atoms with Crippen LogP contribution in [-0.2, 0) is 11.8 Å². The van der Waals surface area contributed by atoms with Crippen molar-refractivity contribution >= 4 is 17.4 Å². The van der Waals surface area contributed by atoms with Gasteiger partial charge in [0.15, 0.2) is 12.4 Å². The summed E-state index contributed by atoms with van der Waals surface area (Å²) in [6.45, 7) is 1.90. The molecule has 0 aliphatic carbocycles. The molecule has 6 heteroatoms. The molecule has 0 unspecified atom stereocenters. The summed E-state index contributed by atoms with van der Waals surface area (Å²) in [6, 6.07) is 14.2. The zero-order valence-electron chi connectivity index (χ0n) is 14.6. The number of ether oxygens (including phenoxy) is 1. The van der Waals surface area contributed by atoms with Crippen LogP contribution in [0.3, 0.4) is 0 Å². The molecule has 6 nitrogen and oxygen atoms in total. The molecule has 26 heavy (non-hydrogen) atoms. The maximum Gasteiger partial charge on any atom is 0.262 e. The standard InChI is InChI=1S/C20H19N3O3/c1-14-3-9-17(10-4-14)26-13-18(24)22-16-7-5-15(6-8-16)19(25)20-21-11-12-23(20)2/h3-12H,13H2,1-2H3,(H,22,24). The minimum atomic E-state index is -0.270. The molecular weight excluding hydrogens is 330 g/mol. The number of imidazole rings is 1. The molecular formula is C20H19N3O3. The van der Waals surface area contributed by atoms with E-state index in [4.69, 9.17) is 4.74 Å². The normalized spacial score (nSPS) is 10.4. The number of carbonyl (C=O) groups excluding carboxylic acids is 2. The molecule has 1 heterocycles. The van der Waals surface area contributed by atoms with Crippen molar-refractivity contribution in [1.29, 1.82) is 0 Å². The molecule has 2 aromatic carbocycles. The third-order valence-corrected chi connectivity index (χ3v) is 3.85. The van der Waals surface area contributed by atoms with E-state index in [0.717, 1.165) is 5.56 Å². The number of nitrogens with zero attached hydrogens (tertiary/aromatic N) is 2. The van der Waals surface area contributed by atoms with Gasteiger partial charge in [0, 0.05) is 30.7 Å². The summed E-state index contributed by atoms with van der Waals surface area (Å²) in [7, 11) is 1.77. The van der Waals surface area contributed by atoms with Crippen LogP contribution in [0.15, 0.2) is 60.9 Å². The molecule has 0 saturated heterocycles. The number of hydrogen-bond donors (Lipinski definition) is 1. The van der Waals surface area contributed by atoms with Gasteiger partial charge >= 0.3 is 0 Å². The number of benzene rings is 2. The highest BCUT2D eigenvalue weighted by Gasteiger charge is 2.13. The molecule has 132 valence electrons. The largest absolute Gasteiger partial charge is 0.484 e. The van der Waals surface area contributed by atoms with Gasteiger partial charge < -0.3 is 14.6 Å². The fourth-order valence-electron chi connectivity index (χ4n) is 2.40. The van der Waals surface area contributed by atoms with E-state index in [1.54, 1.807) is 48.3 Å². The third kappa shape index (κ3) is 4.16. The summed E-state index contributed by atoms with van der Waals surface area (Å²) < 4.78 is 7.11. The molecule has 0 aliphatic heterocycles. The Hall–Kier alpha value is -3.41. The zero-order chi connectivity index (χ0) is 18.5. The van der Waals surface area contributed by atoms with Gasteiger partial charge in [0.25, 0.3) is 5.91 Å². The minimum absolute atomic E-state index is 0.0863. The first-order valence-electron chi connectivity index (χ1n) is 8.14. The Morgan fingerprint density at radius 1 is 1.08 bits per heavy atom. The van der Waals surface area contributed by atoms with Crippen LogP contribution < -0.4 is 10.1 Å². The van der Waals surface area contributed by atoms with Crippen LogP contribution in [0.5, 0.6) is 5.75 Å². The van der Waals surface area contributed by atoms with Crippen molar-refractivity contribution < 1.29 is 14.3 Å². The second kappa shape index (κ2) is 7.65. The smallest absolute Gasteiger partial charge is 0.262 e. The lowest BCUT2D eigenvalue weighted by Crippen LogP contribution is -2.20. The Morgan fingerprint density at radius 3 is 2.38 bits per heavy atom. The molecule has 0 atom stereocenters. The topological polar surface area (TPSA) is 73.2 Å². The maximum atomic E-state index is 12.4. The van der Waals surface area contributed by atoms with Crippen LogP contribution in [0, 0.1) is 6.92 Å². The van der Waals surface area contributed by atoms with Crippen LogP contribution in [0.4, 0.5) is 5.69 Å². The first-order chi connectivity index (χ1) is 12.5. The third-order valence-electron chi connectivity index (χ3n) is 3.85. The maximum absolute atomic E-state index is 12.4. The van der Waals surface area contributed by atoms with Crippen molar-refractivity contribution in [3.8, 4) is 5.75 Å². The molecule has 0 radical (unpaired) electrons. The van der Waals surface area contributed by atoms with Crippen molar-refractivity contribution in [2.75, 3.05) is 11.9 Å². The Morgan fingerprint density at radius 2 is 1.77 bits per heavy atom. The summed E-state index contributed by atoms with van der Waals surface area (Å²) in [4.78, 5) is 28.4. The predicted octanol–water partition coefficient (Wildman–Crippen LogP) is 2.98. The quantitative estimate of drug-likeness (QED) is 0.695. The van der Waals surface area contributed by atoms with Gasteiger partial charge in [-0.3, -0.25) is 9.59 Å². The molecule has 1 N–H and O–H groups in total. The number of aromatic nitrogens is 2. The number of rotatable bonds is 6. The second-order valence-electron chi connectivity index (χ2n) is 5.92. The predicted molar refractivity (Wildman–Crippen MR) is 98.4 cm³/mol. The SMILES string of the molecule is Cc1ccc(OCC(=O)Nc2ccc(C(=O)c3nccn3C)cc2)cc1. The lowest BCUT2D eigenvalue weighted by molar-refractivity contribution is -0.118. The molecule has 0 bridgehead atoms. The molecule has 0 spiro atoms. The summed E-state index contributed by atoms with van der Waals surface area (Å²) in [5.74, 6) is 0.571. The summed E-state index contributed by atoms with van der Waals surface area (Å²) in [5, 5.41) is 2.74. The van der Waals surface area contributed by atoms with Gasteiger partial charge in [0.05, 0.1) is 0 Å². The minimum Gasteiger partial charge on any atom is -0.484 e. The molecule has 0 aliphatic rings. The van der Waals surface area contributed by atoms with Gasteiger partial charge in [-0.05, 0) is 43.3 Å². The average Bonchev–Trinajstić information content (AvgIpc) is 3.07. The van der Waals surface area contributed by atoms with Crippen molar-refractivity contribution in [3.63, 3.8) is 0 Å². The monoisotopic (exact) mass is 349 g/mol. The number of hydrogen-bond acceptors (Lipinski definition) is 4. The highest BCUT2D eigenvalue weighted by atomic mass is 16.5. The second-order valence-corrected chi connectivity index (χ2v) is 5.92. The van der Waals surface area contributed by atoms with E-state index in [2.05, 4.69) is 10.3 Å². The number of anilines is 1. The zero-order valence-corrected chi connectivity index (χ0v) is 14.6. The van der Waals surface area contributed by atoms with Gasteiger partial charge in [-0.15, -0.1) is 0 Å². The van der Waals surface area contributed by atoms with Crippen LogP contribution in [0.25, 0.3) is 0 Å². The lowest BCUT2D eigenvalue weighted by Gasteiger charge is -2.08. The summed E-state index contributed by atoms with van der Waals surface area (Å²) in [6.07, 6.45) is 3.30. The first kappa shape index (κ1) is 17.4. The Balaban J connectivity index is 1.57. The lowest BCUT2D eigenvalue weighted by atomic mass is 10.1. The molecule has 3 rings (SSSR count). The van der Waals surface area contributed by atoms with Crippen LogP contribution >= 0.6 is 0 Å². The average molecular weight is 349 g/mol. The Labute approximate surface area is 151 Å². The Bertz CT molecular complexity index is 912. The molecule has 0 fully saturated rings. The van der Waals surface area contributed by atoms with Gasteiger partial charge in [0.1, 0.15) is 5.75 Å². The molecule has 3 aromatic rings. The van der Waals surface area contributed by atoms with E-state index in [-0.39, 0.29) is 18.3 Å². The van der Waals surface area contributed by atoms with E-state index in [1.165, 1.54) is 0 Å². The van der Waals surface area contributed by atoms with Crippen LogP contribution in [0.2, 0.25) is 0 Å². The fourth-order valence-corrected chi connectivity index (χ4v) is 2.40. The highest BCUT2D eigenvalue weighted by Crippen LogP contribution is 2.14. The molecule has 1 amide bonds. The number of amides is 1. The van der Waals surface area contributed by atoms with Crippen LogP contribution in [-0.4, -0.2) is 27.8 Å². The van der Waals surface area contributed by atoms with Crippen molar-refractivity contribution in [2.45, 2.75) is 6.92 Å². The number of nitrogens with one attached hydrogen (secondary N) is 1. The van der Waals surface area contributed by atoms with Crippen molar-refractivity contribution in [2.24, 2.45) is 7.05 Å². The summed E-state index contributed by atoms with van der Waals surface area (Å²) >= 11 is 0. The highest BCUT2D eigenvalue weighted by molar-refractivity contribution is 6.07. The molecule has 0 saturated carbocycles. The number of ketones is 1. The number of aryl methyl sites for hydroxylation is 2. The van der Waals surface area contributed by atoms with Gasteiger partial charge in [-0.2, -0.15) is 0 Å². The van der Waals surface area contributed by atoms with Gasteiger partial charge in [-0.1, -0.05) is 17.7 Å². The first-order valence-corrected chi connectivity index (χ1v) is 8.14. The Kier molecular flexibility index (Phi) is 5.12. The van der Waals surface area contributed by atoms with Gasteiger partial charge in [0.2, 0.25) is 5.78 Å². The van der Waals surface area contributed by atoms with E-state index in [1.807, 2.05) is 31.2 Å². The fraction of sp³-hybridized carbons (Fsp3) is 0.150. The summed E-state index contributed by atoms with van der Waals surface area (Å²) in [5.41, 5.74) is 2.23. The van der Waals surface area contributed by atoms with E-state index in [0.29, 0.717) is 22.8 Å². The van der Waals surface area contributed by atoms with Crippen molar-refractivity contribution in [1.82, 2.24) is 9.55 Å². The van der Waals surface area contributed by atoms with Crippen LogP contribution in [0.1, 0.15) is 21.7 Å². The van der Waals surface area contributed by atoms with E-state index >= 15 is 0 Å². The number of carbonyl (C=O) groups is 2. The van der Waals surface area contributed by atoms with Gasteiger partial charge in [-0.25, -0.2) is 4.98 Å². The molecule has 1 aromatic heterocycles. The van der Waals surface area contributed by atoms with E-state index < -0.39 is 0 Å². The van der Waals surface area contributed by atoms with Crippen molar-refractivity contribution in [3.05, 3.63) is 77.9 Å².